The summed E-state index contributed by atoms with van der Waals surface area (Å²) in [7, 11) is 3.07. The molecule has 1 rings (SSSR count). The summed E-state index contributed by atoms with van der Waals surface area (Å²) in [6, 6.07) is 7.59. The number of hydrogen-bond acceptors (Lipinski definition) is 3. The topological polar surface area (TPSA) is 35.5 Å². The minimum absolute atomic E-state index is 0.205. The van der Waals surface area contributed by atoms with Gasteiger partial charge >= 0.3 is 5.97 Å². The Hall–Kier alpha value is -2.03. The predicted octanol–water partition coefficient (Wildman–Crippen LogP) is 5.03. The van der Waals surface area contributed by atoms with E-state index in [2.05, 4.69) is 32.9 Å². The summed E-state index contributed by atoms with van der Waals surface area (Å²) >= 11 is 0. The average molecular weight is 316 g/mol. The highest BCUT2D eigenvalue weighted by Crippen LogP contribution is 2.25. The van der Waals surface area contributed by atoms with Crippen molar-refractivity contribution in [1.82, 2.24) is 0 Å². The standard InChI is InChI=1S/C20H28O3/c1-15(2)7-6-8-16(3)9-14-19(20(21)23-5)17-10-12-18(22-4)13-11-17/h7,9-13,19H,6,8,14H2,1-5H3/b16-9+. The molecule has 0 amide bonds. The fraction of sp³-hybridized carbons (Fsp3) is 0.450. The molecule has 23 heavy (non-hydrogen) atoms. The third-order valence-corrected chi connectivity index (χ3v) is 3.80. The number of carbonyl (C=O) groups excluding carboxylic acids is 1. The van der Waals surface area contributed by atoms with Gasteiger partial charge in [0.1, 0.15) is 5.75 Å². The highest BCUT2D eigenvalue weighted by molar-refractivity contribution is 5.78. The Bertz CT molecular complexity index is 549. The lowest BCUT2D eigenvalue weighted by Crippen LogP contribution is -2.13. The van der Waals surface area contributed by atoms with Crippen LogP contribution in [0, 0.1) is 0 Å². The zero-order chi connectivity index (χ0) is 17.2. The molecule has 0 heterocycles. The minimum atomic E-state index is -0.274. The second-order valence-corrected chi connectivity index (χ2v) is 5.96. The molecule has 1 aromatic rings. The molecule has 126 valence electrons. The van der Waals surface area contributed by atoms with Crippen LogP contribution >= 0.6 is 0 Å². The van der Waals surface area contributed by atoms with E-state index in [1.807, 2.05) is 24.3 Å². The zero-order valence-corrected chi connectivity index (χ0v) is 14.9. The number of benzene rings is 1. The fourth-order valence-electron chi connectivity index (χ4n) is 2.36. The van der Waals surface area contributed by atoms with Gasteiger partial charge in [-0.05, 0) is 57.7 Å². The van der Waals surface area contributed by atoms with Crippen LogP contribution in [0.1, 0.15) is 51.5 Å². The molecule has 0 spiro atoms. The molecule has 0 aliphatic carbocycles. The van der Waals surface area contributed by atoms with Gasteiger partial charge in [-0.3, -0.25) is 4.79 Å². The number of hydrogen-bond donors (Lipinski definition) is 0. The van der Waals surface area contributed by atoms with Crippen LogP contribution < -0.4 is 4.74 Å². The van der Waals surface area contributed by atoms with E-state index >= 15 is 0 Å². The van der Waals surface area contributed by atoms with Crippen LogP contribution in [-0.2, 0) is 9.53 Å². The Balaban J connectivity index is 2.78. The van der Waals surface area contributed by atoms with Gasteiger partial charge in [0.05, 0.1) is 20.1 Å². The summed E-state index contributed by atoms with van der Waals surface area (Å²) in [5.74, 6) is 0.304. The van der Waals surface area contributed by atoms with Crippen LogP contribution in [0.4, 0.5) is 0 Å². The minimum Gasteiger partial charge on any atom is -0.497 e. The Kier molecular flexibility index (Phi) is 8.17. The lowest BCUT2D eigenvalue weighted by atomic mass is 9.94. The van der Waals surface area contributed by atoms with Gasteiger partial charge in [0, 0.05) is 0 Å². The maximum atomic E-state index is 12.1. The predicted molar refractivity (Wildman–Crippen MR) is 94.8 cm³/mol. The SMILES string of the molecule is COC(=O)C(C/C=C(\C)CCC=C(C)C)c1ccc(OC)cc1. The molecule has 0 aliphatic rings. The first kappa shape index (κ1) is 19.0. The summed E-state index contributed by atoms with van der Waals surface area (Å²) in [4.78, 5) is 12.1. The molecule has 1 aromatic carbocycles. The summed E-state index contributed by atoms with van der Waals surface area (Å²) in [5, 5.41) is 0. The first-order valence-electron chi connectivity index (χ1n) is 7.98. The van der Waals surface area contributed by atoms with E-state index in [0.29, 0.717) is 6.42 Å². The molecule has 0 fully saturated rings. The van der Waals surface area contributed by atoms with Crippen LogP contribution in [0.25, 0.3) is 0 Å². The normalized spacial score (nSPS) is 12.5. The summed E-state index contributed by atoms with van der Waals surface area (Å²) in [5.41, 5.74) is 3.58. The Morgan fingerprint density at radius 2 is 1.74 bits per heavy atom. The molecule has 1 atom stereocenters. The van der Waals surface area contributed by atoms with Gasteiger partial charge in [0.25, 0.3) is 0 Å². The first-order chi connectivity index (χ1) is 11.0. The monoisotopic (exact) mass is 316 g/mol. The molecule has 0 aliphatic heterocycles. The molecule has 0 bridgehead atoms. The smallest absolute Gasteiger partial charge is 0.313 e. The quantitative estimate of drug-likeness (QED) is 0.498. The van der Waals surface area contributed by atoms with E-state index in [4.69, 9.17) is 9.47 Å². The number of esters is 1. The van der Waals surface area contributed by atoms with Crippen molar-refractivity contribution in [3.8, 4) is 5.75 Å². The van der Waals surface area contributed by atoms with Gasteiger partial charge < -0.3 is 9.47 Å². The van der Waals surface area contributed by atoms with Crippen LogP contribution in [0.3, 0.4) is 0 Å². The molecule has 1 unspecified atom stereocenters. The highest BCUT2D eigenvalue weighted by atomic mass is 16.5. The van der Waals surface area contributed by atoms with Gasteiger partial charge in [-0.1, -0.05) is 35.4 Å². The molecule has 3 heteroatoms. The van der Waals surface area contributed by atoms with E-state index in [1.54, 1.807) is 7.11 Å². The number of rotatable bonds is 8. The van der Waals surface area contributed by atoms with Gasteiger partial charge in [0.15, 0.2) is 0 Å². The van der Waals surface area contributed by atoms with Crippen molar-refractivity contribution in [2.45, 2.75) is 46.0 Å². The second kappa shape index (κ2) is 9.88. The van der Waals surface area contributed by atoms with Crippen molar-refractivity contribution in [3.63, 3.8) is 0 Å². The number of allylic oxidation sites excluding steroid dienone is 4. The van der Waals surface area contributed by atoms with E-state index in [-0.39, 0.29) is 11.9 Å². The molecule has 0 saturated heterocycles. The van der Waals surface area contributed by atoms with Crippen molar-refractivity contribution in [2.75, 3.05) is 14.2 Å². The Labute approximate surface area is 140 Å². The summed E-state index contributed by atoms with van der Waals surface area (Å²) in [6.45, 7) is 6.33. The summed E-state index contributed by atoms with van der Waals surface area (Å²) in [6.07, 6.45) is 7.08. The first-order valence-corrected chi connectivity index (χ1v) is 7.98. The molecular formula is C20H28O3. The lowest BCUT2D eigenvalue weighted by molar-refractivity contribution is -0.142. The highest BCUT2D eigenvalue weighted by Gasteiger charge is 2.20. The van der Waals surface area contributed by atoms with Crippen LogP contribution in [0.5, 0.6) is 5.75 Å². The van der Waals surface area contributed by atoms with Crippen molar-refractivity contribution < 1.29 is 14.3 Å². The van der Waals surface area contributed by atoms with Crippen molar-refractivity contribution >= 4 is 5.97 Å². The maximum absolute atomic E-state index is 12.1. The van der Waals surface area contributed by atoms with Crippen molar-refractivity contribution in [2.24, 2.45) is 0 Å². The average Bonchev–Trinajstić information content (AvgIpc) is 2.54. The van der Waals surface area contributed by atoms with E-state index in [9.17, 15) is 4.79 Å². The van der Waals surface area contributed by atoms with E-state index in [1.165, 1.54) is 18.3 Å². The van der Waals surface area contributed by atoms with Gasteiger partial charge in [-0.25, -0.2) is 0 Å². The molecule has 0 radical (unpaired) electrons. The molecule has 3 nitrogen and oxygen atoms in total. The van der Waals surface area contributed by atoms with Gasteiger partial charge in [0.2, 0.25) is 0 Å². The van der Waals surface area contributed by atoms with Crippen molar-refractivity contribution in [1.29, 1.82) is 0 Å². The zero-order valence-electron chi connectivity index (χ0n) is 14.9. The third-order valence-electron chi connectivity index (χ3n) is 3.80. The molecule has 0 saturated carbocycles. The van der Waals surface area contributed by atoms with Gasteiger partial charge in [-0.15, -0.1) is 0 Å². The number of ether oxygens (including phenoxy) is 2. The molecule has 0 aromatic heterocycles. The Morgan fingerprint density at radius 3 is 2.26 bits per heavy atom. The Morgan fingerprint density at radius 1 is 1.09 bits per heavy atom. The second-order valence-electron chi connectivity index (χ2n) is 5.96. The lowest BCUT2D eigenvalue weighted by Gasteiger charge is -2.14. The maximum Gasteiger partial charge on any atom is 0.313 e. The van der Waals surface area contributed by atoms with E-state index < -0.39 is 0 Å². The van der Waals surface area contributed by atoms with Crippen LogP contribution in [0.2, 0.25) is 0 Å². The van der Waals surface area contributed by atoms with E-state index in [0.717, 1.165) is 24.2 Å². The summed E-state index contributed by atoms with van der Waals surface area (Å²) < 4.78 is 10.1. The molecular weight excluding hydrogens is 288 g/mol. The van der Waals surface area contributed by atoms with Crippen LogP contribution in [0.15, 0.2) is 47.6 Å². The third kappa shape index (κ3) is 6.72. The largest absolute Gasteiger partial charge is 0.497 e. The fourth-order valence-corrected chi connectivity index (χ4v) is 2.36. The number of carbonyl (C=O) groups is 1. The van der Waals surface area contributed by atoms with Gasteiger partial charge in [-0.2, -0.15) is 0 Å². The number of methoxy groups -OCH3 is 2. The van der Waals surface area contributed by atoms with Crippen LogP contribution in [-0.4, -0.2) is 20.2 Å². The van der Waals surface area contributed by atoms with Crippen molar-refractivity contribution in [3.05, 3.63) is 53.1 Å². The molecule has 0 N–H and O–H groups in total.